The number of methoxy groups -OCH3 is 2. The molecule has 3 rings (SSSR count). The first-order valence-corrected chi connectivity index (χ1v) is 8.24. The van der Waals surface area contributed by atoms with Gasteiger partial charge in [-0.05, 0) is 18.2 Å². The van der Waals surface area contributed by atoms with Crippen molar-refractivity contribution < 1.29 is 19.2 Å². The van der Waals surface area contributed by atoms with Gasteiger partial charge in [-0.25, -0.2) is 0 Å². The Morgan fingerprint density at radius 3 is 2.68 bits per heavy atom. The van der Waals surface area contributed by atoms with E-state index in [4.69, 9.17) is 9.47 Å². The lowest BCUT2D eigenvalue weighted by atomic mass is 10.1. The Hall–Kier alpha value is -2.79. The van der Waals surface area contributed by atoms with Crippen LogP contribution in [0.25, 0.3) is 10.9 Å². The second-order valence-electron chi connectivity index (χ2n) is 6.16. The van der Waals surface area contributed by atoms with Crippen LogP contribution >= 0.6 is 0 Å². The number of Topliss-reactive ketones (excluding diaryl/α,β-unsaturated/α-hetero) is 1. The highest BCUT2D eigenvalue weighted by atomic mass is 16.5. The highest BCUT2D eigenvalue weighted by molar-refractivity contribution is 6.08. The van der Waals surface area contributed by atoms with E-state index >= 15 is 0 Å². The average molecular weight is 339 g/mol. The number of para-hydroxylation sites is 1. The molecule has 3 aromatic rings. The normalized spacial score (nSPS) is 12.1. The molecule has 5 heteroatoms. The number of benzene rings is 2. The maximum Gasteiger partial charge on any atom is 0.219 e. The Labute approximate surface area is 147 Å². The van der Waals surface area contributed by atoms with E-state index in [1.807, 2.05) is 49.5 Å². The van der Waals surface area contributed by atoms with E-state index in [9.17, 15) is 4.79 Å². The van der Waals surface area contributed by atoms with Crippen LogP contribution in [0.1, 0.15) is 15.9 Å². The summed E-state index contributed by atoms with van der Waals surface area (Å²) in [6.07, 6.45) is 1.80. The Morgan fingerprint density at radius 2 is 1.92 bits per heavy atom. The molecule has 0 aliphatic carbocycles. The highest BCUT2D eigenvalue weighted by Crippen LogP contribution is 2.24. The van der Waals surface area contributed by atoms with Gasteiger partial charge >= 0.3 is 0 Å². The third-order valence-corrected chi connectivity index (χ3v) is 4.34. The minimum atomic E-state index is 0.127. The first-order chi connectivity index (χ1) is 12.1. The predicted octanol–water partition coefficient (Wildman–Crippen LogP) is 2.08. The molecule has 2 aromatic carbocycles. The molecule has 0 saturated carbocycles. The fourth-order valence-electron chi connectivity index (χ4n) is 3.06. The number of carbonyl (C=O) groups is 1. The first kappa shape index (κ1) is 17.0. The molecule has 0 spiro atoms. The van der Waals surface area contributed by atoms with Gasteiger partial charge in [-0.2, -0.15) is 0 Å². The summed E-state index contributed by atoms with van der Waals surface area (Å²) >= 11 is 0. The molecule has 1 heterocycles. The molecule has 0 radical (unpaired) electrons. The van der Waals surface area contributed by atoms with E-state index < -0.39 is 0 Å². The van der Waals surface area contributed by atoms with E-state index in [1.54, 1.807) is 20.4 Å². The Bertz CT molecular complexity index is 886. The van der Waals surface area contributed by atoms with Crippen LogP contribution in [0.5, 0.6) is 11.5 Å². The fraction of sp³-hybridized carbons (Fsp3) is 0.250. The van der Waals surface area contributed by atoms with Gasteiger partial charge in [0, 0.05) is 34.3 Å². The number of hydrogen-bond acceptors (Lipinski definition) is 3. The van der Waals surface area contributed by atoms with Gasteiger partial charge in [0.15, 0.2) is 0 Å². The standard InChI is InChI=1S/C20H22N2O3/c1-22(12-14-8-9-15(24-2)10-20(14)25-3)13-19(23)17-11-21-18-7-5-4-6-16(17)18/h4-11,21H,12-13H2,1-3H3/p+1. The van der Waals surface area contributed by atoms with Crippen molar-refractivity contribution in [1.29, 1.82) is 0 Å². The van der Waals surface area contributed by atoms with Crippen LogP contribution in [0.4, 0.5) is 0 Å². The predicted molar refractivity (Wildman–Crippen MR) is 97.6 cm³/mol. The zero-order valence-corrected chi connectivity index (χ0v) is 14.8. The van der Waals surface area contributed by atoms with Crippen molar-refractivity contribution in [3.05, 3.63) is 59.8 Å². The number of nitrogens with one attached hydrogen (secondary N) is 2. The van der Waals surface area contributed by atoms with Crippen LogP contribution < -0.4 is 14.4 Å². The van der Waals surface area contributed by atoms with E-state index in [1.165, 1.54) is 0 Å². The van der Waals surface area contributed by atoms with Crippen LogP contribution in [0.2, 0.25) is 0 Å². The van der Waals surface area contributed by atoms with E-state index in [-0.39, 0.29) is 5.78 Å². The number of fused-ring (bicyclic) bond motifs is 1. The monoisotopic (exact) mass is 339 g/mol. The lowest BCUT2D eigenvalue weighted by Crippen LogP contribution is -3.08. The molecule has 0 fully saturated rings. The number of ether oxygens (including phenoxy) is 2. The number of likely N-dealkylation sites (N-methyl/N-ethyl adjacent to an activating group) is 1. The number of H-pyrrole nitrogens is 1. The maximum atomic E-state index is 12.7. The molecule has 1 aromatic heterocycles. The Morgan fingerprint density at radius 1 is 1.12 bits per heavy atom. The van der Waals surface area contributed by atoms with Crippen molar-refractivity contribution in [2.24, 2.45) is 0 Å². The average Bonchev–Trinajstić information content (AvgIpc) is 3.06. The molecular formula is C20H23N2O3+. The summed E-state index contributed by atoms with van der Waals surface area (Å²) in [6.45, 7) is 1.11. The molecule has 1 atom stereocenters. The summed E-state index contributed by atoms with van der Waals surface area (Å²) < 4.78 is 10.7. The first-order valence-electron chi connectivity index (χ1n) is 8.24. The zero-order chi connectivity index (χ0) is 17.8. The molecule has 0 aliphatic heterocycles. The molecule has 0 bridgehead atoms. The number of rotatable bonds is 7. The lowest BCUT2D eigenvalue weighted by molar-refractivity contribution is -0.884. The minimum Gasteiger partial charge on any atom is -0.497 e. The molecule has 5 nitrogen and oxygen atoms in total. The molecule has 25 heavy (non-hydrogen) atoms. The van der Waals surface area contributed by atoms with E-state index in [0.717, 1.165) is 38.4 Å². The third-order valence-electron chi connectivity index (χ3n) is 4.34. The topological polar surface area (TPSA) is 55.8 Å². The molecule has 0 amide bonds. The smallest absolute Gasteiger partial charge is 0.219 e. The fourth-order valence-corrected chi connectivity index (χ4v) is 3.06. The van der Waals surface area contributed by atoms with Crippen molar-refractivity contribution in [2.45, 2.75) is 6.54 Å². The number of aromatic nitrogens is 1. The Balaban J connectivity index is 1.72. The van der Waals surface area contributed by atoms with Gasteiger partial charge in [0.1, 0.15) is 24.6 Å². The van der Waals surface area contributed by atoms with Gasteiger partial charge in [0.05, 0.1) is 21.3 Å². The molecule has 0 saturated heterocycles. The molecule has 130 valence electrons. The molecule has 2 N–H and O–H groups in total. The lowest BCUT2D eigenvalue weighted by Gasteiger charge is -2.16. The quantitative estimate of drug-likeness (QED) is 0.648. The van der Waals surface area contributed by atoms with Crippen LogP contribution in [0, 0.1) is 0 Å². The zero-order valence-electron chi connectivity index (χ0n) is 14.8. The van der Waals surface area contributed by atoms with Crippen molar-refractivity contribution >= 4 is 16.7 Å². The van der Waals surface area contributed by atoms with Crippen molar-refractivity contribution in [3.8, 4) is 11.5 Å². The summed E-state index contributed by atoms with van der Waals surface area (Å²) in [6, 6.07) is 13.6. The second kappa shape index (κ2) is 7.40. The van der Waals surface area contributed by atoms with Gasteiger partial charge in [0.25, 0.3) is 0 Å². The molecular weight excluding hydrogens is 316 g/mol. The second-order valence-corrected chi connectivity index (χ2v) is 6.16. The summed E-state index contributed by atoms with van der Waals surface area (Å²) in [7, 11) is 5.28. The van der Waals surface area contributed by atoms with Crippen molar-refractivity contribution in [2.75, 3.05) is 27.8 Å². The van der Waals surface area contributed by atoms with Gasteiger partial charge in [-0.1, -0.05) is 18.2 Å². The van der Waals surface area contributed by atoms with E-state index in [2.05, 4.69) is 4.98 Å². The van der Waals surface area contributed by atoms with Gasteiger partial charge < -0.3 is 19.4 Å². The van der Waals surface area contributed by atoms with Gasteiger partial charge in [-0.15, -0.1) is 0 Å². The number of ketones is 1. The summed E-state index contributed by atoms with van der Waals surface area (Å²) in [5.41, 5.74) is 2.78. The van der Waals surface area contributed by atoms with Gasteiger partial charge in [-0.3, -0.25) is 4.79 Å². The van der Waals surface area contributed by atoms with Crippen molar-refractivity contribution in [3.63, 3.8) is 0 Å². The molecule has 0 aliphatic rings. The summed E-state index contributed by atoms with van der Waals surface area (Å²) in [5, 5.41) is 0.974. The van der Waals surface area contributed by atoms with Crippen LogP contribution in [-0.4, -0.2) is 38.6 Å². The summed E-state index contributed by atoms with van der Waals surface area (Å²) in [5.74, 6) is 1.66. The Kier molecular flexibility index (Phi) is 5.05. The van der Waals surface area contributed by atoms with Crippen molar-refractivity contribution in [1.82, 2.24) is 4.98 Å². The highest BCUT2D eigenvalue weighted by Gasteiger charge is 2.18. The summed E-state index contributed by atoms with van der Waals surface area (Å²) in [4.78, 5) is 16.9. The van der Waals surface area contributed by atoms with Crippen LogP contribution in [0.15, 0.2) is 48.7 Å². The molecule has 1 unspecified atom stereocenters. The number of hydrogen-bond donors (Lipinski definition) is 2. The van der Waals surface area contributed by atoms with Crippen LogP contribution in [-0.2, 0) is 6.54 Å². The maximum absolute atomic E-state index is 12.7. The number of aromatic amines is 1. The van der Waals surface area contributed by atoms with E-state index in [0.29, 0.717) is 13.1 Å². The third kappa shape index (κ3) is 3.67. The minimum absolute atomic E-state index is 0.127. The number of quaternary nitrogens is 1. The van der Waals surface area contributed by atoms with Gasteiger partial charge in [0.2, 0.25) is 5.78 Å². The van der Waals surface area contributed by atoms with Crippen LogP contribution in [0.3, 0.4) is 0 Å². The largest absolute Gasteiger partial charge is 0.497 e. The SMILES string of the molecule is COc1ccc(C[NH+](C)CC(=O)c2c[nH]c3ccccc23)c(OC)c1. The number of carbonyl (C=O) groups excluding carboxylic acids is 1.